The van der Waals surface area contributed by atoms with Gasteiger partial charge >= 0.3 is 5.97 Å². The lowest BCUT2D eigenvalue weighted by Gasteiger charge is -2.07. The first-order chi connectivity index (χ1) is 10.1. The third-order valence-corrected chi connectivity index (χ3v) is 2.98. The number of nitrogens with one attached hydrogen (secondary N) is 1. The van der Waals surface area contributed by atoms with Crippen molar-refractivity contribution in [2.45, 2.75) is 6.92 Å². The van der Waals surface area contributed by atoms with Gasteiger partial charge in [0.15, 0.2) is 0 Å². The fraction of sp³-hybridized carbons (Fsp3) is 0.125. The van der Waals surface area contributed by atoms with Gasteiger partial charge in [-0.2, -0.15) is 0 Å². The van der Waals surface area contributed by atoms with Crippen LogP contribution in [0.15, 0.2) is 48.5 Å². The van der Waals surface area contributed by atoms with Gasteiger partial charge in [-0.25, -0.2) is 4.79 Å². The van der Waals surface area contributed by atoms with Gasteiger partial charge in [0.2, 0.25) is 0 Å². The summed E-state index contributed by atoms with van der Waals surface area (Å²) in [5.74, 6) is -0.647. The van der Waals surface area contributed by atoms with Crippen molar-refractivity contribution in [1.29, 1.82) is 0 Å². The van der Waals surface area contributed by atoms with Crippen LogP contribution >= 0.6 is 11.6 Å². The molecule has 1 amide bonds. The Labute approximate surface area is 127 Å². The Morgan fingerprint density at radius 1 is 1.10 bits per heavy atom. The summed E-state index contributed by atoms with van der Waals surface area (Å²) in [4.78, 5) is 23.5. The second-order valence-corrected chi connectivity index (χ2v) is 4.70. The monoisotopic (exact) mass is 303 g/mol. The summed E-state index contributed by atoms with van der Waals surface area (Å²) in [6.45, 7) is 2.07. The lowest BCUT2D eigenvalue weighted by atomic mass is 10.2. The van der Waals surface area contributed by atoms with Gasteiger partial charge < -0.3 is 10.1 Å². The van der Waals surface area contributed by atoms with Gasteiger partial charge in [-0.1, -0.05) is 17.7 Å². The van der Waals surface area contributed by atoms with Crippen LogP contribution in [0.5, 0.6) is 0 Å². The van der Waals surface area contributed by atoms with Crippen LogP contribution in [0.4, 0.5) is 5.69 Å². The van der Waals surface area contributed by atoms with Crippen LogP contribution in [0.1, 0.15) is 27.6 Å². The predicted molar refractivity (Wildman–Crippen MR) is 81.8 cm³/mol. The van der Waals surface area contributed by atoms with Gasteiger partial charge in [0.25, 0.3) is 5.91 Å². The first kappa shape index (κ1) is 15.1. The maximum atomic E-state index is 12.0. The molecule has 0 aliphatic carbocycles. The van der Waals surface area contributed by atoms with Crippen LogP contribution in [0.2, 0.25) is 5.02 Å². The minimum absolute atomic E-state index is 0.263. The van der Waals surface area contributed by atoms with E-state index in [-0.39, 0.29) is 11.9 Å². The molecule has 0 unspecified atom stereocenters. The molecule has 1 N–H and O–H groups in total. The van der Waals surface area contributed by atoms with Crippen molar-refractivity contribution in [3.63, 3.8) is 0 Å². The number of amides is 1. The molecule has 0 atom stereocenters. The van der Waals surface area contributed by atoms with Crippen molar-refractivity contribution in [3.05, 3.63) is 64.7 Å². The summed E-state index contributed by atoms with van der Waals surface area (Å²) in [5.41, 5.74) is 1.50. The third kappa shape index (κ3) is 4.07. The molecule has 0 radical (unpaired) electrons. The highest BCUT2D eigenvalue weighted by atomic mass is 35.5. The quantitative estimate of drug-likeness (QED) is 0.875. The average molecular weight is 304 g/mol. The Morgan fingerprint density at radius 3 is 2.43 bits per heavy atom. The highest BCUT2D eigenvalue weighted by Gasteiger charge is 2.08. The number of rotatable bonds is 4. The van der Waals surface area contributed by atoms with E-state index in [9.17, 15) is 9.59 Å². The van der Waals surface area contributed by atoms with E-state index in [1.54, 1.807) is 55.5 Å². The molecule has 4 nitrogen and oxygen atoms in total. The summed E-state index contributed by atoms with van der Waals surface area (Å²) < 4.78 is 4.89. The summed E-state index contributed by atoms with van der Waals surface area (Å²) in [5, 5.41) is 3.23. The predicted octanol–water partition coefficient (Wildman–Crippen LogP) is 3.77. The fourth-order valence-corrected chi connectivity index (χ4v) is 1.93. The van der Waals surface area contributed by atoms with Gasteiger partial charge in [0, 0.05) is 16.3 Å². The zero-order chi connectivity index (χ0) is 15.2. The van der Waals surface area contributed by atoms with E-state index in [1.165, 1.54) is 0 Å². The van der Waals surface area contributed by atoms with E-state index in [1.807, 2.05) is 0 Å². The minimum atomic E-state index is -0.384. The molecule has 2 rings (SSSR count). The number of carbonyl (C=O) groups excluding carboxylic acids is 2. The molecule has 108 valence electrons. The molecule has 0 fully saturated rings. The van der Waals surface area contributed by atoms with E-state index in [4.69, 9.17) is 16.3 Å². The maximum Gasteiger partial charge on any atom is 0.338 e. The lowest BCUT2D eigenvalue weighted by molar-refractivity contribution is 0.0526. The molecule has 0 aliphatic heterocycles. The van der Waals surface area contributed by atoms with Gasteiger partial charge in [-0.3, -0.25) is 4.79 Å². The SMILES string of the molecule is CCOC(=O)c1ccc(NC(=O)c2cccc(Cl)c2)cc1. The van der Waals surface area contributed by atoms with Gasteiger partial charge in [-0.15, -0.1) is 0 Å². The molecule has 0 heterocycles. The van der Waals surface area contributed by atoms with Crippen LogP contribution in [0.25, 0.3) is 0 Å². The number of hydrogen-bond donors (Lipinski definition) is 1. The van der Waals surface area contributed by atoms with E-state index in [0.717, 1.165) is 0 Å². The molecule has 0 bridgehead atoms. The summed E-state index contributed by atoms with van der Waals surface area (Å²) in [7, 11) is 0. The molecule has 0 spiro atoms. The summed E-state index contributed by atoms with van der Waals surface area (Å²) >= 11 is 5.85. The number of hydrogen-bond acceptors (Lipinski definition) is 3. The second-order valence-electron chi connectivity index (χ2n) is 4.26. The maximum absolute atomic E-state index is 12.0. The van der Waals surface area contributed by atoms with Crippen LogP contribution in [0, 0.1) is 0 Å². The minimum Gasteiger partial charge on any atom is -0.462 e. The summed E-state index contributed by atoms with van der Waals surface area (Å²) in [6.07, 6.45) is 0. The zero-order valence-electron chi connectivity index (χ0n) is 11.4. The Morgan fingerprint density at radius 2 is 1.81 bits per heavy atom. The Bertz CT molecular complexity index is 653. The number of benzene rings is 2. The average Bonchev–Trinajstić information content (AvgIpc) is 2.48. The normalized spacial score (nSPS) is 10.0. The van der Waals surface area contributed by atoms with Crippen molar-refractivity contribution in [1.82, 2.24) is 0 Å². The van der Waals surface area contributed by atoms with E-state index < -0.39 is 0 Å². The van der Waals surface area contributed by atoms with Crippen LogP contribution in [-0.2, 0) is 4.74 Å². The van der Waals surface area contributed by atoms with E-state index >= 15 is 0 Å². The molecule has 0 aromatic heterocycles. The molecular weight excluding hydrogens is 290 g/mol. The first-order valence-corrected chi connectivity index (χ1v) is 6.82. The number of anilines is 1. The molecule has 5 heteroatoms. The molecule has 0 saturated heterocycles. The number of ether oxygens (including phenoxy) is 1. The highest BCUT2D eigenvalue weighted by molar-refractivity contribution is 6.31. The van der Waals surface area contributed by atoms with Crippen molar-refractivity contribution >= 4 is 29.2 Å². The third-order valence-electron chi connectivity index (χ3n) is 2.74. The van der Waals surface area contributed by atoms with Crippen molar-refractivity contribution in [2.24, 2.45) is 0 Å². The van der Waals surface area contributed by atoms with Gasteiger partial charge in [-0.05, 0) is 49.4 Å². The van der Waals surface area contributed by atoms with Crippen LogP contribution in [-0.4, -0.2) is 18.5 Å². The van der Waals surface area contributed by atoms with Crippen molar-refractivity contribution in [3.8, 4) is 0 Å². The number of halogens is 1. The fourth-order valence-electron chi connectivity index (χ4n) is 1.74. The number of esters is 1. The van der Waals surface area contributed by atoms with Crippen molar-refractivity contribution < 1.29 is 14.3 Å². The molecule has 0 aliphatic rings. The smallest absolute Gasteiger partial charge is 0.338 e. The van der Waals surface area contributed by atoms with E-state index in [0.29, 0.717) is 28.4 Å². The highest BCUT2D eigenvalue weighted by Crippen LogP contribution is 2.14. The summed E-state index contributed by atoms with van der Waals surface area (Å²) in [6, 6.07) is 13.2. The largest absolute Gasteiger partial charge is 0.462 e. The standard InChI is InChI=1S/C16H14ClNO3/c1-2-21-16(20)11-6-8-14(9-7-11)18-15(19)12-4-3-5-13(17)10-12/h3-10H,2H2,1H3,(H,18,19). The van der Waals surface area contributed by atoms with Crippen molar-refractivity contribution in [2.75, 3.05) is 11.9 Å². The molecular formula is C16H14ClNO3. The molecule has 2 aromatic rings. The number of carbonyl (C=O) groups is 2. The molecule has 21 heavy (non-hydrogen) atoms. The van der Waals surface area contributed by atoms with Gasteiger partial charge in [0.05, 0.1) is 12.2 Å². The van der Waals surface area contributed by atoms with Crippen LogP contribution < -0.4 is 5.32 Å². The first-order valence-electron chi connectivity index (χ1n) is 6.44. The topological polar surface area (TPSA) is 55.4 Å². The Balaban J connectivity index is 2.06. The molecule has 2 aromatic carbocycles. The van der Waals surface area contributed by atoms with Crippen LogP contribution in [0.3, 0.4) is 0 Å². The molecule has 0 saturated carbocycles. The van der Waals surface area contributed by atoms with Gasteiger partial charge in [0.1, 0.15) is 0 Å². The zero-order valence-corrected chi connectivity index (χ0v) is 12.2. The Kier molecular flexibility index (Phi) is 4.95. The Hall–Kier alpha value is -2.33. The van der Waals surface area contributed by atoms with E-state index in [2.05, 4.69) is 5.32 Å². The lowest BCUT2D eigenvalue weighted by Crippen LogP contribution is -2.12. The second kappa shape index (κ2) is 6.90.